The molecule has 1 amide bonds. The van der Waals surface area contributed by atoms with Gasteiger partial charge in [0, 0.05) is 69.6 Å². The SMILES string of the molecule is O=C(NO)C1(S(=O)(=O)N2CCN(c3ccc(-c4ccccc4F)cn3)CC2)CCOCC1. The van der Waals surface area contributed by atoms with Crippen LogP contribution in [-0.2, 0) is 19.6 Å². The van der Waals surface area contributed by atoms with E-state index in [9.17, 15) is 17.6 Å². The van der Waals surface area contributed by atoms with Crippen LogP contribution >= 0.6 is 0 Å². The van der Waals surface area contributed by atoms with Crippen LogP contribution in [0.1, 0.15) is 12.8 Å². The summed E-state index contributed by atoms with van der Waals surface area (Å²) in [5, 5.41) is 9.16. The van der Waals surface area contributed by atoms with E-state index in [0.29, 0.717) is 30.0 Å². The molecule has 2 aromatic rings. The normalized spacial score (nSPS) is 19.5. The number of hydrogen-bond donors (Lipinski definition) is 2. The molecule has 2 aliphatic rings. The van der Waals surface area contributed by atoms with Crippen LogP contribution in [0, 0.1) is 5.82 Å². The molecular weight excluding hydrogens is 439 g/mol. The number of rotatable bonds is 5. The fourth-order valence-electron chi connectivity index (χ4n) is 4.24. The summed E-state index contributed by atoms with van der Waals surface area (Å²) in [4.78, 5) is 18.7. The predicted octanol–water partition coefficient (Wildman–Crippen LogP) is 1.39. The quantitative estimate of drug-likeness (QED) is 0.508. The first-order chi connectivity index (χ1) is 15.4. The topological polar surface area (TPSA) is 112 Å². The molecule has 172 valence electrons. The van der Waals surface area contributed by atoms with Gasteiger partial charge in [0.05, 0.1) is 0 Å². The molecule has 0 atom stereocenters. The number of aromatic nitrogens is 1. The molecule has 0 radical (unpaired) electrons. The highest BCUT2D eigenvalue weighted by Gasteiger charge is 2.54. The number of amides is 1. The summed E-state index contributed by atoms with van der Waals surface area (Å²) in [6.45, 7) is 1.40. The van der Waals surface area contributed by atoms with E-state index in [2.05, 4.69) is 4.98 Å². The molecule has 0 bridgehead atoms. The number of nitrogens with one attached hydrogen (secondary N) is 1. The smallest absolute Gasteiger partial charge is 0.266 e. The Labute approximate surface area is 185 Å². The van der Waals surface area contributed by atoms with Crippen molar-refractivity contribution in [3.8, 4) is 11.1 Å². The van der Waals surface area contributed by atoms with Crippen molar-refractivity contribution in [2.75, 3.05) is 44.3 Å². The molecule has 9 nitrogen and oxygen atoms in total. The first-order valence-corrected chi connectivity index (χ1v) is 11.8. The summed E-state index contributed by atoms with van der Waals surface area (Å²) in [6.07, 6.45) is 1.57. The van der Waals surface area contributed by atoms with Crippen molar-refractivity contribution < 1.29 is 27.5 Å². The van der Waals surface area contributed by atoms with Gasteiger partial charge in [-0.15, -0.1) is 0 Å². The highest BCUT2D eigenvalue weighted by molar-refractivity contribution is 7.91. The number of carbonyl (C=O) groups excluding carboxylic acids is 1. The van der Waals surface area contributed by atoms with Crippen molar-refractivity contribution >= 4 is 21.7 Å². The molecule has 0 aliphatic carbocycles. The van der Waals surface area contributed by atoms with Gasteiger partial charge in [0.15, 0.2) is 4.75 Å². The van der Waals surface area contributed by atoms with E-state index in [1.807, 2.05) is 4.90 Å². The van der Waals surface area contributed by atoms with E-state index in [1.54, 1.807) is 36.5 Å². The molecule has 4 rings (SSSR count). The second-order valence-electron chi connectivity index (χ2n) is 7.82. The van der Waals surface area contributed by atoms with E-state index in [0.717, 1.165) is 0 Å². The number of hydroxylamine groups is 1. The Morgan fingerprint density at radius 1 is 1.09 bits per heavy atom. The molecule has 2 aliphatic heterocycles. The van der Waals surface area contributed by atoms with Gasteiger partial charge in [-0.1, -0.05) is 18.2 Å². The van der Waals surface area contributed by atoms with E-state index in [-0.39, 0.29) is 45.0 Å². The highest BCUT2D eigenvalue weighted by Crippen LogP contribution is 2.34. The van der Waals surface area contributed by atoms with Crippen molar-refractivity contribution in [3.63, 3.8) is 0 Å². The summed E-state index contributed by atoms with van der Waals surface area (Å²) in [5.41, 5.74) is 2.65. The average molecular weight is 465 g/mol. The largest absolute Gasteiger partial charge is 0.381 e. The van der Waals surface area contributed by atoms with Gasteiger partial charge in [-0.25, -0.2) is 23.3 Å². The third kappa shape index (κ3) is 3.96. The zero-order chi connectivity index (χ0) is 22.8. The van der Waals surface area contributed by atoms with Crippen molar-refractivity contribution in [1.29, 1.82) is 0 Å². The number of halogens is 1. The highest BCUT2D eigenvalue weighted by atomic mass is 32.2. The predicted molar refractivity (Wildman–Crippen MR) is 115 cm³/mol. The molecule has 1 aromatic heterocycles. The van der Waals surface area contributed by atoms with Gasteiger partial charge in [-0.3, -0.25) is 10.0 Å². The maximum absolute atomic E-state index is 14.0. The number of hydrogen-bond acceptors (Lipinski definition) is 7. The van der Waals surface area contributed by atoms with Crippen LogP contribution in [0.25, 0.3) is 11.1 Å². The number of nitrogens with zero attached hydrogens (tertiary/aromatic N) is 3. The Balaban J connectivity index is 1.47. The first-order valence-electron chi connectivity index (χ1n) is 10.4. The third-order valence-electron chi connectivity index (χ3n) is 6.14. The number of carbonyl (C=O) groups is 1. The van der Waals surface area contributed by atoms with Gasteiger partial charge in [-0.2, -0.15) is 4.31 Å². The number of benzene rings is 1. The lowest BCUT2D eigenvalue weighted by atomic mass is 9.98. The van der Waals surface area contributed by atoms with Gasteiger partial charge in [0.2, 0.25) is 10.0 Å². The minimum Gasteiger partial charge on any atom is -0.381 e. The van der Waals surface area contributed by atoms with Crippen LogP contribution in [0.4, 0.5) is 10.2 Å². The molecule has 11 heteroatoms. The molecule has 3 heterocycles. The number of sulfonamides is 1. The fourth-order valence-corrected chi connectivity index (χ4v) is 6.34. The van der Waals surface area contributed by atoms with E-state index in [1.165, 1.54) is 15.9 Å². The van der Waals surface area contributed by atoms with E-state index >= 15 is 0 Å². The lowest BCUT2D eigenvalue weighted by Crippen LogP contribution is -2.62. The summed E-state index contributed by atoms with van der Waals surface area (Å²) in [7, 11) is -4.02. The average Bonchev–Trinajstić information content (AvgIpc) is 2.84. The Kier molecular flexibility index (Phi) is 6.42. The number of ether oxygens (including phenoxy) is 1. The van der Waals surface area contributed by atoms with Crippen LogP contribution in [-0.4, -0.2) is 73.0 Å². The Hall–Kier alpha value is -2.60. The van der Waals surface area contributed by atoms with Crippen LogP contribution in [0.5, 0.6) is 0 Å². The molecule has 1 aromatic carbocycles. The monoisotopic (exact) mass is 464 g/mol. The maximum atomic E-state index is 14.0. The lowest BCUT2D eigenvalue weighted by Gasteiger charge is -2.41. The molecule has 2 fully saturated rings. The molecule has 32 heavy (non-hydrogen) atoms. The maximum Gasteiger partial charge on any atom is 0.266 e. The number of anilines is 1. The molecule has 0 spiro atoms. The molecular formula is C21H25FN4O5S. The number of pyridine rings is 1. The van der Waals surface area contributed by atoms with E-state index < -0.39 is 20.7 Å². The van der Waals surface area contributed by atoms with Gasteiger partial charge >= 0.3 is 0 Å². The zero-order valence-corrected chi connectivity index (χ0v) is 18.2. The zero-order valence-electron chi connectivity index (χ0n) is 17.4. The second kappa shape index (κ2) is 9.10. The van der Waals surface area contributed by atoms with Crippen molar-refractivity contribution in [2.45, 2.75) is 17.6 Å². The molecule has 2 N–H and O–H groups in total. The van der Waals surface area contributed by atoms with Gasteiger partial charge < -0.3 is 9.64 Å². The Bertz CT molecular complexity index is 1070. The third-order valence-corrected chi connectivity index (χ3v) is 8.77. The molecule has 0 unspecified atom stereocenters. The van der Waals surface area contributed by atoms with Crippen LogP contribution < -0.4 is 10.4 Å². The molecule has 2 saturated heterocycles. The second-order valence-corrected chi connectivity index (χ2v) is 10.1. The van der Waals surface area contributed by atoms with Gasteiger partial charge in [0.25, 0.3) is 5.91 Å². The van der Waals surface area contributed by atoms with Crippen molar-refractivity contribution in [1.82, 2.24) is 14.8 Å². The summed E-state index contributed by atoms with van der Waals surface area (Å²) in [5.74, 6) is -0.584. The van der Waals surface area contributed by atoms with Crippen LogP contribution in [0.2, 0.25) is 0 Å². The molecule has 0 saturated carbocycles. The minimum absolute atomic E-state index is 0.0129. The standard InChI is InChI=1S/C21H25FN4O5S/c22-18-4-2-1-3-17(18)16-5-6-19(23-15-16)25-9-11-26(12-10-25)32(29,30)21(20(27)24-28)7-13-31-14-8-21/h1-6,15,28H,7-14H2,(H,24,27). The summed E-state index contributed by atoms with van der Waals surface area (Å²) >= 11 is 0. The summed E-state index contributed by atoms with van der Waals surface area (Å²) in [6, 6.07) is 10.0. The van der Waals surface area contributed by atoms with Crippen molar-refractivity contribution in [2.24, 2.45) is 0 Å². The minimum atomic E-state index is -4.02. The Morgan fingerprint density at radius 3 is 2.38 bits per heavy atom. The van der Waals surface area contributed by atoms with Crippen molar-refractivity contribution in [3.05, 3.63) is 48.4 Å². The van der Waals surface area contributed by atoms with Gasteiger partial charge in [-0.05, 0) is 18.2 Å². The van der Waals surface area contributed by atoms with Crippen LogP contribution in [0.15, 0.2) is 42.6 Å². The van der Waals surface area contributed by atoms with Crippen LogP contribution in [0.3, 0.4) is 0 Å². The van der Waals surface area contributed by atoms with E-state index in [4.69, 9.17) is 9.94 Å². The fraction of sp³-hybridized carbons (Fsp3) is 0.429. The first kappa shape index (κ1) is 22.6. The number of piperazine rings is 1. The Morgan fingerprint density at radius 2 is 1.78 bits per heavy atom. The summed E-state index contributed by atoms with van der Waals surface area (Å²) < 4.78 is 45.5. The lowest BCUT2D eigenvalue weighted by molar-refractivity contribution is -0.134. The van der Waals surface area contributed by atoms with Gasteiger partial charge in [0.1, 0.15) is 11.6 Å².